The number of aromatic nitrogens is 2. The van der Waals surface area contributed by atoms with Gasteiger partial charge in [0.1, 0.15) is 10.6 Å². The van der Waals surface area contributed by atoms with E-state index in [1.165, 1.54) is 23.5 Å². The minimum atomic E-state index is -0.443. The molecule has 0 spiro atoms. The van der Waals surface area contributed by atoms with Crippen LogP contribution >= 0.6 is 22.9 Å². The minimum absolute atomic E-state index is 0.169. The number of carbonyl (C=O) groups is 1. The van der Waals surface area contributed by atoms with Gasteiger partial charge in [0.05, 0.1) is 21.3 Å². The predicted octanol–water partition coefficient (Wildman–Crippen LogP) is 3.99. The number of amides is 1. The van der Waals surface area contributed by atoms with Crippen LogP contribution in [0.25, 0.3) is 10.2 Å². The normalized spacial score (nSPS) is 11.0. The molecule has 0 unspecified atom stereocenters. The van der Waals surface area contributed by atoms with Gasteiger partial charge in [-0.2, -0.15) is 5.10 Å². The molecule has 0 fully saturated rings. The second-order valence-electron chi connectivity index (χ2n) is 4.62. The number of carbonyl (C=O) groups excluding carboxylic acids is 1. The fraction of sp³-hybridized carbons (Fsp3) is 0.143. The van der Waals surface area contributed by atoms with Gasteiger partial charge in [0.2, 0.25) is 0 Å². The molecule has 108 valence electrons. The van der Waals surface area contributed by atoms with Crippen LogP contribution in [0.15, 0.2) is 24.3 Å². The predicted molar refractivity (Wildman–Crippen MR) is 82.7 cm³/mol. The Morgan fingerprint density at radius 2 is 2.19 bits per heavy atom. The van der Waals surface area contributed by atoms with E-state index in [4.69, 9.17) is 11.6 Å². The number of hydrogen-bond donors (Lipinski definition) is 1. The summed E-state index contributed by atoms with van der Waals surface area (Å²) in [6.45, 7) is 1.90. The van der Waals surface area contributed by atoms with Crippen LogP contribution in [-0.2, 0) is 7.05 Å². The number of nitrogens with zero attached hydrogens (tertiary/aromatic N) is 2. The van der Waals surface area contributed by atoms with Crippen molar-refractivity contribution in [3.8, 4) is 0 Å². The maximum Gasteiger partial charge on any atom is 0.265 e. The summed E-state index contributed by atoms with van der Waals surface area (Å²) in [4.78, 5) is 13.7. The Labute approximate surface area is 129 Å². The molecule has 0 aliphatic rings. The molecule has 2 heterocycles. The molecule has 7 heteroatoms. The molecule has 2 aromatic heterocycles. The topological polar surface area (TPSA) is 46.9 Å². The van der Waals surface area contributed by atoms with E-state index in [1.807, 2.05) is 14.0 Å². The van der Waals surface area contributed by atoms with Crippen LogP contribution in [0, 0.1) is 12.7 Å². The van der Waals surface area contributed by atoms with Crippen molar-refractivity contribution in [1.29, 1.82) is 0 Å². The number of fused-ring (bicyclic) bond motifs is 1. The van der Waals surface area contributed by atoms with E-state index in [1.54, 1.807) is 10.7 Å². The molecule has 1 N–H and O–H groups in total. The highest BCUT2D eigenvalue weighted by atomic mass is 35.5. The summed E-state index contributed by atoms with van der Waals surface area (Å²) in [5, 5.41) is 8.10. The Morgan fingerprint density at radius 1 is 1.43 bits per heavy atom. The lowest BCUT2D eigenvalue weighted by atomic mass is 10.3. The first kappa shape index (κ1) is 14.0. The number of rotatable bonds is 2. The Morgan fingerprint density at radius 3 is 2.86 bits per heavy atom. The molecule has 0 radical (unpaired) electrons. The highest BCUT2D eigenvalue weighted by molar-refractivity contribution is 7.20. The Kier molecular flexibility index (Phi) is 3.43. The van der Waals surface area contributed by atoms with Crippen molar-refractivity contribution in [2.45, 2.75) is 6.92 Å². The Hall–Kier alpha value is -1.92. The molecule has 21 heavy (non-hydrogen) atoms. The number of benzene rings is 1. The standard InChI is InChI=1S/C14H11ClFN3OS/c1-7-9-6-12(21-14(9)19(2)18-7)13(20)17-11-4-3-8(16)5-10(11)15/h3-6H,1-2H3,(H,17,20). The molecule has 1 amide bonds. The average Bonchev–Trinajstić information content (AvgIpc) is 2.96. The van der Waals surface area contributed by atoms with Crippen LogP contribution in [0.4, 0.5) is 10.1 Å². The van der Waals surface area contributed by atoms with Gasteiger partial charge in [-0.25, -0.2) is 4.39 Å². The van der Waals surface area contributed by atoms with E-state index < -0.39 is 5.82 Å². The van der Waals surface area contributed by atoms with Gasteiger partial charge in [-0.1, -0.05) is 11.6 Å². The minimum Gasteiger partial charge on any atom is -0.320 e. The number of halogens is 2. The van der Waals surface area contributed by atoms with Gasteiger partial charge in [-0.3, -0.25) is 9.48 Å². The molecule has 0 bridgehead atoms. The largest absolute Gasteiger partial charge is 0.320 e. The second kappa shape index (κ2) is 5.13. The lowest BCUT2D eigenvalue weighted by Crippen LogP contribution is -2.10. The van der Waals surface area contributed by atoms with E-state index in [0.717, 1.165) is 22.0 Å². The number of nitrogens with one attached hydrogen (secondary N) is 1. The molecule has 0 aliphatic heterocycles. The summed E-state index contributed by atoms with van der Waals surface area (Å²) in [5.74, 6) is -0.717. The van der Waals surface area contributed by atoms with Crippen LogP contribution in [0.1, 0.15) is 15.4 Å². The monoisotopic (exact) mass is 323 g/mol. The zero-order chi connectivity index (χ0) is 15.1. The lowest BCUT2D eigenvalue weighted by Gasteiger charge is -2.05. The van der Waals surface area contributed by atoms with E-state index in [-0.39, 0.29) is 10.9 Å². The molecule has 0 atom stereocenters. The smallest absolute Gasteiger partial charge is 0.265 e. The first-order chi connectivity index (χ1) is 9.95. The maximum atomic E-state index is 13.0. The first-order valence-corrected chi connectivity index (χ1v) is 7.34. The van der Waals surface area contributed by atoms with Gasteiger partial charge in [0.25, 0.3) is 5.91 Å². The summed E-state index contributed by atoms with van der Waals surface area (Å²) in [7, 11) is 1.84. The molecule has 4 nitrogen and oxygen atoms in total. The number of aryl methyl sites for hydroxylation is 2. The van der Waals surface area contributed by atoms with Crippen molar-refractivity contribution in [1.82, 2.24) is 9.78 Å². The molecule has 3 rings (SSSR count). The van der Waals surface area contributed by atoms with E-state index in [9.17, 15) is 9.18 Å². The van der Waals surface area contributed by atoms with Gasteiger partial charge in [-0.15, -0.1) is 11.3 Å². The van der Waals surface area contributed by atoms with Crippen molar-refractivity contribution in [3.63, 3.8) is 0 Å². The van der Waals surface area contributed by atoms with Crippen LogP contribution in [0.5, 0.6) is 0 Å². The van der Waals surface area contributed by atoms with E-state index in [2.05, 4.69) is 10.4 Å². The summed E-state index contributed by atoms with van der Waals surface area (Å²) < 4.78 is 14.7. The number of hydrogen-bond acceptors (Lipinski definition) is 3. The molecular weight excluding hydrogens is 313 g/mol. The van der Waals surface area contributed by atoms with Crippen LogP contribution in [-0.4, -0.2) is 15.7 Å². The summed E-state index contributed by atoms with van der Waals surface area (Å²) in [5.41, 5.74) is 1.26. The van der Waals surface area contributed by atoms with Crippen molar-refractivity contribution < 1.29 is 9.18 Å². The average molecular weight is 324 g/mol. The van der Waals surface area contributed by atoms with E-state index in [0.29, 0.717) is 10.6 Å². The SMILES string of the molecule is Cc1nn(C)c2sc(C(=O)Nc3ccc(F)cc3Cl)cc12. The van der Waals surface area contributed by atoms with Gasteiger partial charge in [0.15, 0.2) is 0 Å². The van der Waals surface area contributed by atoms with Gasteiger partial charge in [-0.05, 0) is 31.2 Å². The second-order valence-corrected chi connectivity index (χ2v) is 6.05. The highest BCUT2D eigenvalue weighted by Crippen LogP contribution is 2.29. The highest BCUT2D eigenvalue weighted by Gasteiger charge is 2.16. The summed E-state index contributed by atoms with van der Waals surface area (Å²) in [6, 6.07) is 5.65. The molecule has 0 aliphatic carbocycles. The van der Waals surface area contributed by atoms with Crippen LogP contribution in [0.2, 0.25) is 5.02 Å². The van der Waals surface area contributed by atoms with Gasteiger partial charge >= 0.3 is 0 Å². The Bertz CT molecular complexity index is 821. The third kappa shape index (κ3) is 2.52. The zero-order valence-electron chi connectivity index (χ0n) is 11.3. The van der Waals surface area contributed by atoms with Crippen molar-refractivity contribution >= 4 is 44.7 Å². The van der Waals surface area contributed by atoms with Crippen molar-refractivity contribution in [3.05, 3.63) is 45.7 Å². The van der Waals surface area contributed by atoms with Gasteiger partial charge < -0.3 is 5.32 Å². The van der Waals surface area contributed by atoms with Gasteiger partial charge in [0, 0.05) is 12.4 Å². The number of anilines is 1. The summed E-state index contributed by atoms with van der Waals surface area (Å²) >= 11 is 7.26. The molecule has 1 aromatic carbocycles. The molecular formula is C14H11ClFN3OS. The number of thiophene rings is 1. The Balaban J connectivity index is 1.91. The maximum absolute atomic E-state index is 13.0. The molecule has 0 saturated carbocycles. The zero-order valence-corrected chi connectivity index (χ0v) is 12.8. The summed E-state index contributed by atoms with van der Waals surface area (Å²) in [6.07, 6.45) is 0. The fourth-order valence-electron chi connectivity index (χ4n) is 2.09. The van der Waals surface area contributed by atoms with E-state index >= 15 is 0 Å². The molecule has 3 aromatic rings. The van der Waals surface area contributed by atoms with Crippen molar-refractivity contribution in [2.24, 2.45) is 7.05 Å². The quantitative estimate of drug-likeness (QED) is 0.775. The van der Waals surface area contributed by atoms with Crippen LogP contribution in [0.3, 0.4) is 0 Å². The lowest BCUT2D eigenvalue weighted by molar-refractivity contribution is 0.103. The third-order valence-electron chi connectivity index (χ3n) is 3.10. The van der Waals surface area contributed by atoms with Crippen molar-refractivity contribution in [2.75, 3.05) is 5.32 Å². The third-order valence-corrected chi connectivity index (χ3v) is 4.61. The molecule has 0 saturated heterocycles. The fourth-order valence-corrected chi connectivity index (χ4v) is 3.32. The van der Waals surface area contributed by atoms with Crippen LogP contribution < -0.4 is 5.32 Å². The first-order valence-electron chi connectivity index (χ1n) is 6.15.